The number of aliphatic hydroxyl groups is 1. The molecule has 1 rings (SSSR count). The van der Waals surface area contributed by atoms with Gasteiger partial charge in [0.1, 0.15) is 0 Å². The first-order valence-electron chi connectivity index (χ1n) is 3.77. The first-order valence-corrected chi connectivity index (χ1v) is 4.14. The SMILES string of the molecule is NC(CO)CCn1cc(Cl)cn1. The van der Waals surface area contributed by atoms with Crippen LogP contribution in [-0.2, 0) is 6.54 Å². The normalized spacial score (nSPS) is 13.2. The van der Waals surface area contributed by atoms with Crippen LogP contribution in [0.1, 0.15) is 6.42 Å². The fourth-order valence-electron chi connectivity index (χ4n) is 0.850. The second kappa shape index (κ2) is 4.45. The number of nitrogens with two attached hydrogens (primary N) is 1. The molecular formula is C7H12ClN3O. The topological polar surface area (TPSA) is 64.1 Å². The first kappa shape index (κ1) is 9.51. The Kier molecular flexibility index (Phi) is 3.52. The van der Waals surface area contributed by atoms with Crippen molar-refractivity contribution in [2.75, 3.05) is 6.61 Å². The summed E-state index contributed by atoms with van der Waals surface area (Å²) >= 11 is 5.65. The van der Waals surface area contributed by atoms with Gasteiger partial charge in [-0.25, -0.2) is 0 Å². The van der Waals surface area contributed by atoms with Gasteiger partial charge in [0.2, 0.25) is 0 Å². The summed E-state index contributed by atoms with van der Waals surface area (Å²) in [6.07, 6.45) is 4.01. The number of rotatable bonds is 4. The fraction of sp³-hybridized carbons (Fsp3) is 0.571. The fourth-order valence-corrected chi connectivity index (χ4v) is 1.01. The Morgan fingerprint density at radius 2 is 2.50 bits per heavy atom. The molecule has 0 aromatic carbocycles. The smallest absolute Gasteiger partial charge is 0.0785 e. The largest absolute Gasteiger partial charge is 0.395 e. The summed E-state index contributed by atoms with van der Waals surface area (Å²) in [6.45, 7) is 0.698. The van der Waals surface area contributed by atoms with Crippen LogP contribution in [0.2, 0.25) is 5.02 Å². The summed E-state index contributed by atoms with van der Waals surface area (Å²) in [5.41, 5.74) is 5.50. The third kappa shape index (κ3) is 2.81. The van der Waals surface area contributed by atoms with E-state index in [-0.39, 0.29) is 12.6 Å². The highest BCUT2D eigenvalue weighted by atomic mass is 35.5. The molecule has 12 heavy (non-hydrogen) atoms. The molecule has 3 N–H and O–H groups in total. The van der Waals surface area contributed by atoms with Crippen molar-refractivity contribution in [1.29, 1.82) is 0 Å². The molecular weight excluding hydrogens is 178 g/mol. The van der Waals surface area contributed by atoms with Gasteiger partial charge in [-0.15, -0.1) is 0 Å². The molecule has 0 aliphatic heterocycles. The molecule has 1 aromatic rings. The lowest BCUT2D eigenvalue weighted by atomic mass is 10.2. The van der Waals surface area contributed by atoms with Crippen LogP contribution in [0.4, 0.5) is 0 Å². The second-order valence-corrected chi connectivity index (χ2v) is 3.09. The molecule has 1 unspecified atom stereocenters. The number of hydrogen-bond donors (Lipinski definition) is 2. The van der Waals surface area contributed by atoms with Gasteiger partial charge in [-0.1, -0.05) is 11.6 Å². The average molecular weight is 190 g/mol. The molecule has 5 heteroatoms. The van der Waals surface area contributed by atoms with Crippen molar-refractivity contribution in [2.24, 2.45) is 5.73 Å². The van der Waals surface area contributed by atoms with Gasteiger partial charge in [0.15, 0.2) is 0 Å². The molecule has 1 atom stereocenters. The summed E-state index contributed by atoms with van der Waals surface area (Å²) in [5, 5.41) is 13.2. The molecule has 0 spiro atoms. The molecule has 0 saturated carbocycles. The van der Waals surface area contributed by atoms with E-state index in [0.717, 1.165) is 0 Å². The maximum absolute atomic E-state index is 8.64. The van der Waals surface area contributed by atoms with Crippen LogP contribution in [0.25, 0.3) is 0 Å². The molecule has 0 aliphatic rings. The average Bonchev–Trinajstić information content (AvgIpc) is 2.47. The van der Waals surface area contributed by atoms with Gasteiger partial charge in [0.25, 0.3) is 0 Å². The molecule has 0 fully saturated rings. The van der Waals surface area contributed by atoms with Gasteiger partial charge >= 0.3 is 0 Å². The Labute approximate surface area is 75.9 Å². The van der Waals surface area contributed by atoms with Crippen molar-refractivity contribution >= 4 is 11.6 Å². The molecule has 4 nitrogen and oxygen atoms in total. The third-order valence-corrected chi connectivity index (χ3v) is 1.76. The molecule has 0 saturated heterocycles. The summed E-state index contributed by atoms with van der Waals surface area (Å²) in [5.74, 6) is 0. The summed E-state index contributed by atoms with van der Waals surface area (Å²) in [6, 6.07) is -0.173. The lowest BCUT2D eigenvalue weighted by molar-refractivity contribution is 0.255. The number of aliphatic hydroxyl groups excluding tert-OH is 1. The molecule has 0 bridgehead atoms. The predicted octanol–water partition coefficient (Wildman–Crippen LogP) is 0.246. The van der Waals surface area contributed by atoms with E-state index in [2.05, 4.69) is 5.10 Å². The predicted molar refractivity (Wildman–Crippen MR) is 46.9 cm³/mol. The minimum atomic E-state index is -0.173. The van der Waals surface area contributed by atoms with E-state index < -0.39 is 0 Å². The summed E-state index contributed by atoms with van der Waals surface area (Å²) in [7, 11) is 0. The van der Waals surface area contributed by atoms with Gasteiger partial charge in [0, 0.05) is 18.8 Å². The van der Waals surface area contributed by atoms with Crippen LogP contribution in [0.15, 0.2) is 12.4 Å². The summed E-state index contributed by atoms with van der Waals surface area (Å²) in [4.78, 5) is 0. The van der Waals surface area contributed by atoms with Crippen molar-refractivity contribution in [3.05, 3.63) is 17.4 Å². The maximum atomic E-state index is 8.64. The first-order chi connectivity index (χ1) is 5.72. The van der Waals surface area contributed by atoms with Crippen molar-refractivity contribution in [3.8, 4) is 0 Å². The molecule has 0 aliphatic carbocycles. The zero-order valence-corrected chi connectivity index (χ0v) is 7.41. The molecule has 1 aromatic heterocycles. The van der Waals surface area contributed by atoms with Crippen LogP contribution >= 0.6 is 11.6 Å². The van der Waals surface area contributed by atoms with E-state index in [1.807, 2.05) is 0 Å². The number of nitrogens with zero attached hydrogens (tertiary/aromatic N) is 2. The van der Waals surface area contributed by atoms with Gasteiger partial charge in [-0.3, -0.25) is 4.68 Å². The quantitative estimate of drug-likeness (QED) is 0.714. The highest BCUT2D eigenvalue weighted by Crippen LogP contribution is 2.05. The van der Waals surface area contributed by atoms with E-state index in [1.165, 1.54) is 0 Å². The van der Waals surface area contributed by atoms with Gasteiger partial charge in [-0.2, -0.15) is 5.10 Å². The highest BCUT2D eigenvalue weighted by molar-refractivity contribution is 6.30. The van der Waals surface area contributed by atoms with E-state index in [9.17, 15) is 0 Å². The van der Waals surface area contributed by atoms with Crippen molar-refractivity contribution < 1.29 is 5.11 Å². The Balaban J connectivity index is 2.33. The number of halogens is 1. The van der Waals surface area contributed by atoms with Crippen molar-refractivity contribution in [2.45, 2.75) is 19.0 Å². The zero-order valence-electron chi connectivity index (χ0n) is 6.65. The van der Waals surface area contributed by atoms with Crippen LogP contribution < -0.4 is 5.73 Å². The number of aryl methyl sites for hydroxylation is 1. The minimum absolute atomic E-state index is 0.00893. The second-order valence-electron chi connectivity index (χ2n) is 2.65. The lowest BCUT2D eigenvalue weighted by Crippen LogP contribution is -2.25. The van der Waals surface area contributed by atoms with Gasteiger partial charge in [-0.05, 0) is 6.42 Å². The lowest BCUT2D eigenvalue weighted by Gasteiger charge is -2.06. The Morgan fingerprint density at radius 1 is 1.75 bits per heavy atom. The van der Waals surface area contributed by atoms with Gasteiger partial charge in [0.05, 0.1) is 17.8 Å². The molecule has 0 radical (unpaired) electrons. The van der Waals surface area contributed by atoms with E-state index >= 15 is 0 Å². The van der Waals surface area contributed by atoms with Crippen LogP contribution in [-0.4, -0.2) is 27.5 Å². The van der Waals surface area contributed by atoms with Crippen LogP contribution in [0.3, 0.4) is 0 Å². The molecule has 68 valence electrons. The van der Waals surface area contributed by atoms with Crippen molar-refractivity contribution in [3.63, 3.8) is 0 Å². The Morgan fingerprint density at radius 3 is 3.00 bits per heavy atom. The zero-order chi connectivity index (χ0) is 8.97. The van der Waals surface area contributed by atoms with Gasteiger partial charge < -0.3 is 10.8 Å². The molecule has 1 heterocycles. The van der Waals surface area contributed by atoms with Crippen molar-refractivity contribution in [1.82, 2.24) is 9.78 Å². The highest BCUT2D eigenvalue weighted by Gasteiger charge is 2.01. The molecule has 0 amide bonds. The Hall–Kier alpha value is -0.580. The Bertz CT molecular complexity index is 238. The van der Waals surface area contributed by atoms with E-state index in [4.69, 9.17) is 22.4 Å². The minimum Gasteiger partial charge on any atom is -0.395 e. The van der Waals surface area contributed by atoms with E-state index in [0.29, 0.717) is 18.0 Å². The van der Waals surface area contributed by atoms with Crippen LogP contribution in [0.5, 0.6) is 0 Å². The number of aromatic nitrogens is 2. The number of hydrogen-bond acceptors (Lipinski definition) is 3. The van der Waals surface area contributed by atoms with Crippen LogP contribution in [0, 0.1) is 0 Å². The third-order valence-electron chi connectivity index (χ3n) is 1.57. The monoisotopic (exact) mass is 189 g/mol. The summed E-state index contributed by atoms with van der Waals surface area (Å²) < 4.78 is 1.71. The standard InChI is InChI=1S/C7H12ClN3O/c8-6-3-10-11(4-6)2-1-7(9)5-12/h3-4,7,12H,1-2,5,9H2. The van der Waals surface area contributed by atoms with E-state index in [1.54, 1.807) is 17.1 Å². The maximum Gasteiger partial charge on any atom is 0.0785 e.